The van der Waals surface area contributed by atoms with E-state index in [1.54, 1.807) is 0 Å². The van der Waals surface area contributed by atoms with Gasteiger partial charge >= 0.3 is 5.97 Å². The van der Waals surface area contributed by atoms with Crippen molar-refractivity contribution in [2.45, 2.75) is 24.5 Å². The number of carbonyl (C=O) groups is 1. The van der Waals surface area contributed by atoms with Gasteiger partial charge in [0.05, 0.1) is 12.5 Å². The van der Waals surface area contributed by atoms with Crippen molar-refractivity contribution in [3.8, 4) is 0 Å². The van der Waals surface area contributed by atoms with E-state index >= 15 is 0 Å². The number of aliphatic carboxylic acids is 1. The lowest BCUT2D eigenvalue weighted by molar-refractivity contribution is -0.136. The molecule has 1 aliphatic rings. The third-order valence-electron chi connectivity index (χ3n) is 2.94. The van der Waals surface area contributed by atoms with Gasteiger partial charge in [-0.1, -0.05) is 30.3 Å². The average Bonchev–Trinajstić information content (AvgIpc) is 3.18. The summed E-state index contributed by atoms with van der Waals surface area (Å²) in [7, 11) is 0. The van der Waals surface area contributed by atoms with Crippen LogP contribution in [0.5, 0.6) is 0 Å². The second-order valence-electron chi connectivity index (χ2n) is 4.62. The van der Waals surface area contributed by atoms with Crippen LogP contribution >= 0.6 is 11.8 Å². The summed E-state index contributed by atoms with van der Waals surface area (Å²) in [5.41, 5.74) is 1.06. The SMILES string of the molecule is O=C(O)C(Cc1ccccc1)SCOCC1CC1. The van der Waals surface area contributed by atoms with Gasteiger partial charge < -0.3 is 9.84 Å². The van der Waals surface area contributed by atoms with Crippen molar-refractivity contribution in [1.82, 2.24) is 0 Å². The molecule has 0 aromatic heterocycles. The number of rotatable bonds is 8. The number of ether oxygens (including phenoxy) is 1. The standard InChI is InChI=1S/C14H18O3S/c15-14(16)13(8-11-4-2-1-3-5-11)18-10-17-9-12-6-7-12/h1-5,12-13H,6-10H2,(H,15,16). The molecule has 0 aliphatic heterocycles. The van der Waals surface area contributed by atoms with Crippen molar-refractivity contribution >= 4 is 17.7 Å². The molecule has 1 unspecified atom stereocenters. The van der Waals surface area contributed by atoms with Crippen LogP contribution in [0.15, 0.2) is 30.3 Å². The van der Waals surface area contributed by atoms with Gasteiger partial charge in [0.25, 0.3) is 0 Å². The van der Waals surface area contributed by atoms with Gasteiger partial charge in [0.2, 0.25) is 0 Å². The lowest BCUT2D eigenvalue weighted by Crippen LogP contribution is -2.20. The van der Waals surface area contributed by atoms with Crippen LogP contribution in [0, 0.1) is 5.92 Å². The van der Waals surface area contributed by atoms with E-state index in [1.807, 2.05) is 30.3 Å². The van der Waals surface area contributed by atoms with Gasteiger partial charge in [-0.15, -0.1) is 11.8 Å². The maximum atomic E-state index is 11.2. The van der Waals surface area contributed by atoms with E-state index in [0.29, 0.717) is 12.4 Å². The number of carboxylic acids is 1. The Hall–Kier alpha value is -1.00. The second kappa shape index (κ2) is 6.81. The molecule has 1 atom stereocenters. The number of carboxylic acid groups (broad SMARTS) is 1. The molecule has 2 rings (SSSR count). The molecule has 0 amide bonds. The minimum absolute atomic E-state index is 0.424. The maximum Gasteiger partial charge on any atom is 0.317 e. The molecule has 18 heavy (non-hydrogen) atoms. The third kappa shape index (κ3) is 4.70. The van der Waals surface area contributed by atoms with Crippen molar-refractivity contribution in [2.75, 3.05) is 12.5 Å². The van der Waals surface area contributed by atoms with Crippen LogP contribution in [-0.2, 0) is 16.0 Å². The van der Waals surface area contributed by atoms with Crippen LogP contribution in [0.1, 0.15) is 18.4 Å². The Morgan fingerprint density at radius 1 is 1.39 bits per heavy atom. The van der Waals surface area contributed by atoms with Crippen molar-refractivity contribution in [3.05, 3.63) is 35.9 Å². The zero-order chi connectivity index (χ0) is 12.8. The highest BCUT2D eigenvalue weighted by molar-refractivity contribution is 8.00. The molecule has 4 heteroatoms. The predicted octanol–water partition coefficient (Wildman–Crippen LogP) is 2.80. The Bertz CT molecular complexity index is 376. The van der Waals surface area contributed by atoms with Crippen LogP contribution in [-0.4, -0.2) is 28.9 Å². The number of thioether (sulfide) groups is 1. The van der Waals surface area contributed by atoms with Crippen LogP contribution in [0.3, 0.4) is 0 Å². The first kappa shape index (κ1) is 13.4. The summed E-state index contributed by atoms with van der Waals surface area (Å²) in [5.74, 6) is 0.433. The average molecular weight is 266 g/mol. The lowest BCUT2D eigenvalue weighted by Gasteiger charge is -2.12. The smallest absolute Gasteiger partial charge is 0.317 e. The first-order valence-corrected chi connectivity index (χ1v) is 7.26. The van der Waals surface area contributed by atoms with Crippen molar-refractivity contribution in [3.63, 3.8) is 0 Å². The van der Waals surface area contributed by atoms with Gasteiger partial charge in [-0.25, -0.2) is 0 Å². The quantitative estimate of drug-likeness (QED) is 0.580. The van der Waals surface area contributed by atoms with E-state index in [4.69, 9.17) is 4.74 Å². The van der Waals surface area contributed by atoms with Crippen molar-refractivity contribution in [1.29, 1.82) is 0 Å². The predicted molar refractivity (Wildman–Crippen MR) is 72.7 cm³/mol. The topological polar surface area (TPSA) is 46.5 Å². The van der Waals surface area contributed by atoms with Crippen LogP contribution in [0.4, 0.5) is 0 Å². The summed E-state index contributed by atoms with van der Waals surface area (Å²) in [4.78, 5) is 11.2. The molecular weight excluding hydrogens is 248 g/mol. The molecule has 1 aliphatic carbocycles. The van der Waals surface area contributed by atoms with E-state index in [1.165, 1.54) is 24.6 Å². The Morgan fingerprint density at radius 2 is 2.11 bits per heavy atom. The summed E-state index contributed by atoms with van der Waals surface area (Å²) in [6.45, 7) is 0.782. The molecule has 0 radical (unpaired) electrons. The first-order valence-electron chi connectivity index (χ1n) is 6.22. The fourth-order valence-corrected chi connectivity index (χ4v) is 2.48. The normalized spacial score (nSPS) is 16.4. The highest BCUT2D eigenvalue weighted by atomic mass is 32.2. The molecular formula is C14H18O3S. The zero-order valence-electron chi connectivity index (χ0n) is 10.2. The summed E-state index contributed by atoms with van der Waals surface area (Å²) < 4.78 is 5.48. The van der Waals surface area contributed by atoms with Gasteiger partial charge in [0, 0.05) is 0 Å². The fraction of sp³-hybridized carbons (Fsp3) is 0.500. The summed E-state index contributed by atoms with van der Waals surface area (Å²) in [6, 6.07) is 9.72. The minimum Gasteiger partial charge on any atom is -0.480 e. The van der Waals surface area contributed by atoms with Crippen LogP contribution in [0.2, 0.25) is 0 Å². The van der Waals surface area contributed by atoms with Crippen molar-refractivity contribution in [2.24, 2.45) is 5.92 Å². The van der Waals surface area contributed by atoms with Gasteiger partial charge in [-0.2, -0.15) is 0 Å². The summed E-state index contributed by atoms with van der Waals surface area (Å²) >= 11 is 1.37. The Kier molecular flexibility index (Phi) is 5.08. The molecule has 1 aromatic carbocycles. The van der Waals surface area contributed by atoms with Crippen LogP contribution < -0.4 is 0 Å². The molecule has 0 bridgehead atoms. The Balaban J connectivity index is 1.74. The second-order valence-corrected chi connectivity index (χ2v) is 5.75. The van der Waals surface area contributed by atoms with E-state index in [9.17, 15) is 9.90 Å². The molecule has 98 valence electrons. The van der Waals surface area contributed by atoms with Gasteiger partial charge in [-0.3, -0.25) is 4.79 Å². The summed E-state index contributed by atoms with van der Waals surface area (Å²) in [5, 5.41) is 8.75. The van der Waals surface area contributed by atoms with E-state index in [2.05, 4.69) is 0 Å². The molecule has 1 saturated carbocycles. The van der Waals surface area contributed by atoms with Gasteiger partial charge in [-0.05, 0) is 30.7 Å². The number of hydrogen-bond acceptors (Lipinski definition) is 3. The molecule has 1 fully saturated rings. The highest BCUT2D eigenvalue weighted by Crippen LogP contribution is 2.29. The fourth-order valence-electron chi connectivity index (χ4n) is 1.68. The number of benzene rings is 1. The monoisotopic (exact) mass is 266 g/mol. The highest BCUT2D eigenvalue weighted by Gasteiger charge is 2.22. The molecule has 1 aromatic rings. The maximum absolute atomic E-state index is 11.2. The molecule has 0 heterocycles. The van der Waals surface area contributed by atoms with Crippen molar-refractivity contribution < 1.29 is 14.6 Å². The molecule has 0 spiro atoms. The Morgan fingerprint density at radius 3 is 2.72 bits per heavy atom. The van der Waals surface area contributed by atoms with E-state index in [-0.39, 0.29) is 0 Å². The third-order valence-corrected chi connectivity index (χ3v) is 4.02. The van der Waals surface area contributed by atoms with E-state index < -0.39 is 11.2 Å². The molecule has 1 N–H and O–H groups in total. The van der Waals surface area contributed by atoms with Gasteiger partial charge in [0.1, 0.15) is 5.25 Å². The van der Waals surface area contributed by atoms with E-state index in [0.717, 1.165) is 18.1 Å². The zero-order valence-corrected chi connectivity index (χ0v) is 11.1. The van der Waals surface area contributed by atoms with Crippen LogP contribution in [0.25, 0.3) is 0 Å². The first-order chi connectivity index (χ1) is 8.75. The lowest BCUT2D eigenvalue weighted by atomic mass is 10.1. The largest absolute Gasteiger partial charge is 0.480 e. The Labute approximate surface area is 112 Å². The molecule has 3 nitrogen and oxygen atoms in total. The van der Waals surface area contributed by atoms with Gasteiger partial charge in [0.15, 0.2) is 0 Å². The molecule has 0 saturated heterocycles. The minimum atomic E-state index is -0.765. The summed E-state index contributed by atoms with van der Waals surface area (Å²) in [6.07, 6.45) is 3.07. The number of hydrogen-bond donors (Lipinski definition) is 1.